The van der Waals surface area contributed by atoms with E-state index in [2.05, 4.69) is 25.3 Å². The number of hydrogen-bond acceptors (Lipinski definition) is 5. The number of rotatable bonds is 5. The summed E-state index contributed by atoms with van der Waals surface area (Å²) < 4.78 is 80.1. The molecule has 0 bridgehead atoms. The maximum atomic E-state index is 13.3. The molecule has 2 aromatic carbocycles. The molecule has 0 aliphatic heterocycles. The smallest absolute Gasteiger partial charge is 0.406 e. The van der Waals surface area contributed by atoms with Crippen molar-refractivity contribution in [2.75, 3.05) is 22.6 Å². The molecule has 2 N–H and O–H groups in total. The van der Waals surface area contributed by atoms with Crippen LogP contribution in [-0.4, -0.2) is 29.4 Å². The second-order valence-corrected chi connectivity index (χ2v) is 6.97. The minimum Gasteiger partial charge on any atom is -0.406 e. The fraction of sp³-hybridized carbons (Fsp3) is 0.150. The molecule has 1 aromatic heterocycles. The molecule has 0 saturated carbocycles. The van der Waals surface area contributed by atoms with Crippen molar-refractivity contribution in [1.29, 1.82) is 0 Å². The minimum atomic E-state index is -4.83. The summed E-state index contributed by atoms with van der Waals surface area (Å²) in [4.78, 5) is 20.3. The summed E-state index contributed by atoms with van der Waals surface area (Å²) in [5, 5.41) is 4.55. The Kier molecular flexibility index (Phi) is 7.05. The summed E-state index contributed by atoms with van der Waals surface area (Å²) in [6.07, 6.45) is -8.95. The average molecular weight is 506 g/mol. The van der Waals surface area contributed by atoms with Crippen LogP contribution in [0.3, 0.4) is 0 Å². The Labute approximate surface area is 193 Å². The number of nitrogens with zero attached hydrogens (tertiary/aromatic N) is 3. The van der Waals surface area contributed by atoms with Crippen molar-refractivity contribution in [2.45, 2.75) is 12.5 Å². The van der Waals surface area contributed by atoms with Crippen molar-refractivity contribution in [1.82, 2.24) is 9.97 Å². The third-order valence-electron chi connectivity index (χ3n) is 4.22. The van der Waals surface area contributed by atoms with Gasteiger partial charge in [-0.2, -0.15) is 18.2 Å². The van der Waals surface area contributed by atoms with Crippen LogP contribution < -0.4 is 20.3 Å². The molecule has 3 rings (SSSR count). The quantitative estimate of drug-likeness (QED) is 0.307. The first-order chi connectivity index (χ1) is 15.8. The summed E-state index contributed by atoms with van der Waals surface area (Å²) in [5.74, 6) is -0.902. The number of carbonyl (C=O) groups is 1. The molecule has 0 aliphatic carbocycles. The van der Waals surface area contributed by atoms with E-state index in [1.807, 2.05) is 0 Å². The number of hydrogen-bond donors (Lipinski definition) is 2. The Morgan fingerprint density at radius 2 is 1.47 bits per heavy atom. The molecule has 1 heterocycles. The van der Waals surface area contributed by atoms with Crippen LogP contribution in [0, 0.1) is 0 Å². The molecule has 0 radical (unpaired) electrons. The summed E-state index contributed by atoms with van der Waals surface area (Å²) in [6, 6.07) is 9.53. The number of aromatic nitrogens is 2. The van der Waals surface area contributed by atoms with Gasteiger partial charge in [-0.15, -0.1) is 13.2 Å². The van der Waals surface area contributed by atoms with Crippen molar-refractivity contribution in [3.05, 3.63) is 65.6 Å². The Bertz CT molecular complexity index is 1150. The van der Waals surface area contributed by atoms with Gasteiger partial charge in [0, 0.05) is 30.3 Å². The van der Waals surface area contributed by atoms with Gasteiger partial charge in [0.25, 0.3) is 0 Å². The molecule has 14 heteroatoms. The number of amides is 2. The van der Waals surface area contributed by atoms with E-state index in [1.54, 1.807) is 0 Å². The lowest BCUT2D eigenvalue weighted by molar-refractivity contribution is -0.274. The fourth-order valence-electron chi connectivity index (χ4n) is 2.73. The fourth-order valence-corrected chi connectivity index (χ4v) is 2.86. The molecule has 0 unspecified atom stereocenters. The van der Waals surface area contributed by atoms with Gasteiger partial charge in [-0.1, -0.05) is 0 Å². The molecule has 0 atom stereocenters. The molecule has 0 aliphatic rings. The molecule has 3 aromatic rings. The number of alkyl halides is 6. The van der Waals surface area contributed by atoms with Gasteiger partial charge < -0.3 is 20.3 Å². The standard InChI is InChI=1S/C20H14ClF6N5O2/c1-32(16-15(19(22,23)24)10-28-17(21)31-16)13-6-2-11(3-7-13)29-18(33)30-12-4-8-14(9-5-12)34-20(25,26)27/h2-10H,1H3,(H2,29,30,33). The van der Waals surface area contributed by atoms with E-state index in [-0.39, 0.29) is 11.0 Å². The van der Waals surface area contributed by atoms with Gasteiger partial charge >= 0.3 is 18.6 Å². The van der Waals surface area contributed by atoms with Crippen LogP contribution in [0.1, 0.15) is 5.56 Å². The van der Waals surface area contributed by atoms with Crippen molar-refractivity contribution in [3.63, 3.8) is 0 Å². The van der Waals surface area contributed by atoms with Crippen LogP contribution in [0.5, 0.6) is 5.75 Å². The van der Waals surface area contributed by atoms with Crippen molar-refractivity contribution < 1.29 is 35.9 Å². The number of anilines is 4. The molecule has 2 amide bonds. The second kappa shape index (κ2) is 9.63. The first-order valence-corrected chi connectivity index (χ1v) is 9.57. The molecule has 34 heavy (non-hydrogen) atoms. The zero-order chi connectivity index (χ0) is 25.1. The molecule has 0 saturated heterocycles. The van der Waals surface area contributed by atoms with Gasteiger partial charge in [0.1, 0.15) is 17.1 Å². The van der Waals surface area contributed by atoms with E-state index >= 15 is 0 Å². The lowest BCUT2D eigenvalue weighted by Crippen LogP contribution is -2.20. The second-order valence-electron chi connectivity index (χ2n) is 6.63. The van der Waals surface area contributed by atoms with Gasteiger partial charge in [0.2, 0.25) is 5.28 Å². The summed E-state index contributed by atoms with van der Waals surface area (Å²) >= 11 is 5.66. The first-order valence-electron chi connectivity index (χ1n) is 9.19. The SMILES string of the molecule is CN(c1ccc(NC(=O)Nc2ccc(OC(F)(F)F)cc2)cc1)c1nc(Cl)ncc1C(F)(F)F. The summed E-state index contributed by atoms with van der Waals surface area (Å²) in [5.41, 5.74) is -0.272. The summed E-state index contributed by atoms with van der Waals surface area (Å²) in [6.45, 7) is 0. The van der Waals surface area contributed by atoms with Crippen LogP contribution in [0.25, 0.3) is 0 Å². The molecular formula is C20H14ClF6N5O2. The van der Waals surface area contributed by atoms with Crippen LogP contribution in [0.15, 0.2) is 54.7 Å². The maximum absolute atomic E-state index is 13.3. The van der Waals surface area contributed by atoms with E-state index in [9.17, 15) is 31.1 Å². The average Bonchev–Trinajstić information content (AvgIpc) is 2.73. The predicted octanol–water partition coefficient (Wildman–Crippen LogP) is 6.46. The number of benzene rings is 2. The van der Waals surface area contributed by atoms with Crippen molar-refractivity contribution >= 4 is 40.5 Å². The van der Waals surface area contributed by atoms with E-state index in [4.69, 9.17) is 11.6 Å². The third-order valence-corrected chi connectivity index (χ3v) is 4.40. The van der Waals surface area contributed by atoms with E-state index in [0.29, 0.717) is 17.6 Å². The molecule has 180 valence electrons. The maximum Gasteiger partial charge on any atom is 0.573 e. The molecular weight excluding hydrogens is 492 g/mol. The van der Waals surface area contributed by atoms with Crippen molar-refractivity contribution in [3.8, 4) is 5.75 Å². The topological polar surface area (TPSA) is 79.4 Å². The van der Waals surface area contributed by atoms with Crippen LogP contribution >= 0.6 is 11.6 Å². The molecule has 0 spiro atoms. The minimum absolute atomic E-state index is 0.198. The van der Waals surface area contributed by atoms with Gasteiger partial charge in [-0.05, 0) is 60.1 Å². The first kappa shape index (κ1) is 24.9. The third kappa shape index (κ3) is 6.63. The monoisotopic (exact) mass is 505 g/mol. The zero-order valence-corrected chi connectivity index (χ0v) is 17.8. The number of ether oxygens (including phenoxy) is 1. The Morgan fingerprint density at radius 3 is 1.97 bits per heavy atom. The highest BCUT2D eigenvalue weighted by Crippen LogP contribution is 2.37. The van der Waals surface area contributed by atoms with E-state index in [0.717, 1.165) is 17.0 Å². The highest BCUT2D eigenvalue weighted by atomic mass is 35.5. The van der Waals surface area contributed by atoms with Crippen LogP contribution in [0.4, 0.5) is 54.0 Å². The van der Waals surface area contributed by atoms with Gasteiger partial charge in [-0.3, -0.25) is 0 Å². The zero-order valence-electron chi connectivity index (χ0n) is 17.0. The number of nitrogens with one attached hydrogen (secondary N) is 2. The van der Waals surface area contributed by atoms with Crippen LogP contribution in [-0.2, 0) is 6.18 Å². The predicted molar refractivity (Wildman–Crippen MR) is 112 cm³/mol. The molecule has 7 nitrogen and oxygen atoms in total. The molecule has 0 fully saturated rings. The number of carbonyl (C=O) groups excluding carboxylic acids is 1. The Balaban J connectivity index is 1.66. The van der Waals surface area contributed by atoms with Crippen LogP contribution in [0.2, 0.25) is 5.28 Å². The van der Waals surface area contributed by atoms with E-state index in [1.165, 1.54) is 43.4 Å². The Morgan fingerprint density at radius 1 is 0.941 bits per heavy atom. The normalized spacial score (nSPS) is 11.6. The Hall–Kier alpha value is -3.74. The highest BCUT2D eigenvalue weighted by Gasteiger charge is 2.36. The van der Waals surface area contributed by atoms with Crippen molar-refractivity contribution in [2.24, 2.45) is 0 Å². The lowest BCUT2D eigenvalue weighted by Gasteiger charge is -2.22. The van der Waals surface area contributed by atoms with Gasteiger partial charge in [-0.25, -0.2) is 9.78 Å². The largest absolute Gasteiger partial charge is 0.573 e. The number of urea groups is 1. The van der Waals surface area contributed by atoms with Gasteiger partial charge in [0.05, 0.1) is 0 Å². The summed E-state index contributed by atoms with van der Waals surface area (Å²) in [7, 11) is 1.36. The van der Waals surface area contributed by atoms with Gasteiger partial charge in [0.15, 0.2) is 0 Å². The number of halogens is 7. The highest BCUT2D eigenvalue weighted by molar-refractivity contribution is 6.28. The van der Waals surface area contributed by atoms with E-state index < -0.39 is 35.7 Å². The lowest BCUT2D eigenvalue weighted by atomic mass is 10.2.